The third-order valence-electron chi connectivity index (χ3n) is 4.54. The SMILES string of the molecule is CC(C)C1(C)NN1CCN1N[C@]1(C)C(C)C. The Balaban J connectivity index is 1.72. The fourth-order valence-electron chi connectivity index (χ4n) is 2.15. The van der Waals surface area contributed by atoms with Crippen molar-refractivity contribution in [2.24, 2.45) is 11.8 Å². The van der Waals surface area contributed by atoms with Crippen molar-refractivity contribution in [1.82, 2.24) is 20.9 Å². The molecule has 2 aliphatic rings. The van der Waals surface area contributed by atoms with E-state index in [-0.39, 0.29) is 11.3 Å². The van der Waals surface area contributed by atoms with Crippen molar-refractivity contribution in [3.63, 3.8) is 0 Å². The van der Waals surface area contributed by atoms with Crippen molar-refractivity contribution >= 4 is 0 Å². The first-order valence-electron chi connectivity index (χ1n) is 6.41. The molecule has 2 aliphatic heterocycles. The van der Waals surface area contributed by atoms with Crippen molar-refractivity contribution < 1.29 is 0 Å². The molecule has 2 saturated heterocycles. The monoisotopic (exact) mass is 226 g/mol. The lowest BCUT2D eigenvalue weighted by atomic mass is 10.0. The fraction of sp³-hybridized carbons (Fsp3) is 1.00. The minimum absolute atomic E-state index is 0.226. The molecule has 4 heteroatoms. The summed E-state index contributed by atoms with van der Waals surface area (Å²) in [6, 6.07) is 0. The average Bonchev–Trinajstić information content (AvgIpc) is 3.02. The largest absolute Gasteiger partial charge is 0.232 e. The maximum absolute atomic E-state index is 3.46. The predicted molar refractivity (Wildman–Crippen MR) is 66.2 cm³/mol. The first-order valence-corrected chi connectivity index (χ1v) is 6.41. The zero-order chi connectivity index (χ0) is 12.1. The minimum atomic E-state index is 0.226. The van der Waals surface area contributed by atoms with Crippen LogP contribution in [-0.4, -0.2) is 34.4 Å². The molecule has 0 aromatic heterocycles. The average molecular weight is 226 g/mol. The molecule has 0 aromatic rings. The van der Waals surface area contributed by atoms with E-state index in [0.717, 1.165) is 13.1 Å². The highest BCUT2D eigenvalue weighted by atomic mass is 15.8. The topological polar surface area (TPSA) is 49.9 Å². The first kappa shape index (κ1) is 12.3. The zero-order valence-corrected chi connectivity index (χ0v) is 11.5. The molecule has 16 heavy (non-hydrogen) atoms. The normalized spacial score (nSPS) is 46.5. The van der Waals surface area contributed by atoms with E-state index in [1.807, 2.05) is 0 Å². The second-order valence-corrected chi connectivity index (χ2v) is 6.13. The lowest BCUT2D eigenvalue weighted by Crippen LogP contribution is -2.28. The molecule has 2 fully saturated rings. The smallest absolute Gasteiger partial charge is 0.0969 e. The quantitative estimate of drug-likeness (QED) is 0.695. The van der Waals surface area contributed by atoms with Crippen LogP contribution in [0.2, 0.25) is 0 Å². The van der Waals surface area contributed by atoms with Crippen molar-refractivity contribution in [1.29, 1.82) is 0 Å². The lowest BCUT2D eigenvalue weighted by molar-refractivity contribution is 0.290. The molecule has 2 rings (SSSR count). The Morgan fingerprint density at radius 1 is 0.812 bits per heavy atom. The Labute approximate surface area is 99.3 Å². The number of rotatable bonds is 5. The van der Waals surface area contributed by atoms with E-state index in [2.05, 4.69) is 62.4 Å². The maximum Gasteiger partial charge on any atom is 0.0969 e. The number of hydrazine groups is 2. The van der Waals surface area contributed by atoms with Gasteiger partial charge < -0.3 is 0 Å². The lowest BCUT2D eigenvalue weighted by Gasteiger charge is -2.15. The molecule has 0 spiro atoms. The summed E-state index contributed by atoms with van der Waals surface area (Å²) in [4.78, 5) is 0. The van der Waals surface area contributed by atoms with Gasteiger partial charge in [0.2, 0.25) is 0 Å². The summed E-state index contributed by atoms with van der Waals surface area (Å²) < 4.78 is 0. The molecule has 3 unspecified atom stereocenters. The summed E-state index contributed by atoms with van der Waals surface area (Å²) in [6.45, 7) is 15.8. The third-order valence-corrected chi connectivity index (χ3v) is 4.54. The van der Waals surface area contributed by atoms with E-state index in [0.29, 0.717) is 11.8 Å². The highest BCUT2D eigenvalue weighted by Crippen LogP contribution is 2.35. The number of hydrogen-bond donors (Lipinski definition) is 2. The van der Waals surface area contributed by atoms with Gasteiger partial charge in [-0.3, -0.25) is 0 Å². The fourth-order valence-corrected chi connectivity index (χ4v) is 2.15. The molecule has 2 N–H and O–H groups in total. The highest BCUT2D eigenvalue weighted by Gasteiger charge is 2.53. The standard InChI is InChI=1S/C12H26N4/c1-9(2)11(5)13-15(11)7-8-16-12(6,14-16)10(3)4/h9-10,13-14H,7-8H2,1-6H3/t11-,12?,15?,16?/m0/s1. The molecule has 0 aromatic carbocycles. The van der Waals surface area contributed by atoms with E-state index >= 15 is 0 Å². The van der Waals surface area contributed by atoms with Crippen LogP contribution in [0.1, 0.15) is 41.5 Å². The summed E-state index contributed by atoms with van der Waals surface area (Å²) in [6.07, 6.45) is 0. The second kappa shape index (κ2) is 3.67. The molecule has 2 heterocycles. The number of nitrogens with zero attached hydrogens (tertiary/aromatic N) is 2. The zero-order valence-electron chi connectivity index (χ0n) is 11.5. The minimum Gasteiger partial charge on any atom is -0.232 e. The molecule has 0 radical (unpaired) electrons. The van der Waals surface area contributed by atoms with Gasteiger partial charge in [-0.05, 0) is 25.7 Å². The molecule has 0 bridgehead atoms. The summed E-state index contributed by atoms with van der Waals surface area (Å²) in [5.74, 6) is 1.32. The van der Waals surface area contributed by atoms with Gasteiger partial charge >= 0.3 is 0 Å². The van der Waals surface area contributed by atoms with Crippen LogP contribution < -0.4 is 10.9 Å². The van der Waals surface area contributed by atoms with Crippen LogP contribution >= 0.6 is 0 Å². The van der Waals surface area contributed by atoms with Crippen molar-refractivity contribution in [3.8, 4) is 0 Å². The van der Waals surface area contributed by atoms with Gasteiger partial charge in [-0.15, -0.1) is 0 Å². The van der Waals surface area contributed by atoms with Crippen LogP contribution in [-0.2, 0) is 0 Å². The number of hydrogen-bond acceptors (Lipinski definition) is 4. The Morgan fingerprint density at radius 2 is 1.12 bits per heavy atom. The molecule has 4 atom stereocenters. The molecule has 94 valence electrons. The van der Waals surface area contributed by atoms with Gasteiger partial charge in [0, 0.05) is 13.1 Å². The van der Waals surface area contributed by atoms with Gasteiger partial charge in [0.1, 0.15) is 0 Å². The summed E-state index contributed by atoms with van der Waals surface area (Å²) in [5.41, 5.74) is 7.38. The van der Waals surface area contributed by atoms with Gasteiger partial charge in [0.15, 0.2) is 0 Å². The maximum atomic E-state index is 3.46. The van der Waals surface area contributed by atoms with Gasteiger partial charge in [0.25, 0.3) is 0 Å². The van der Waals surface area contributed by atoms with E-state index in [9.17, 15) is 0 Å². The molecular weight excluding hydrogens is 200 g/mol. The van der Waals surface area contributed by atoms with E-state index < -0.39 is 0 Å². The van der Waals surface area contributed by atoms with Crippen LogP contribution in [0.5, 0.6) is 0 Å². The summed E-state index contributed by atoms with van der Waals surface area (Å²) in [5, 5.41) is 4.69. The van der Waals surface area contributed by atoms with Gasteiger partial charge in [-0.2, -0.15) is 0 Å². The summed E-state index contributed by atoms with van der Waals surface area (Å²) >= 11 is 0. The Morgan fingerprint density at radius 3 is 1.31 bits per heavy atom. The van der Waals surface area contributed by atoms with Gasteiger partial charge in [0.05, 0.1) is 11.3 Å². The van der Waals surface area contributed by atoms with Gasteiger partial charge in [-0.1, -0.05) is 27.7 Å². The van der Waals surface area contributed by atoms with Crippen LogP contribution in [0.3, 0.4) is 0 Å². The van der Waals surface area contributed by atoms with Crippen LogP contribution in [0, 0.1) is 11.8 Å². The molecule has 0 amide bonds. The van der Waals surface area contributed by atoms with Crippen LogP contribution in [0.25, 0.3) is 0 Å². The number of nitrogens with one attached hydrogen (secondary N) is 2. The third kappa shape index (κ3) is 1.88. The molecule has 4 nitrogen and oxygen atoms in total. The molecule has 0 aliphatic carbocycles. The molecule has 0 saturated carbocycles. The van der Waals surface area contributed by atoms with Crippen molar-refractivity contribution in [3.05, 3.63) is 0 Å². The van der Waals surface area contributed by atoms with Crippen LogP contribution in [0.4, 0.5) is 0 Å². The second-order valence-electron chi connectivity index (χ2n) is 6.13. The van der Waals surface area contributed by atoms with E-state index in [1.54, 1.807) is 0 Å². The van der Waals surface area contributed by atoms with Gasteiger partial charge in [-0.25, -0.2) is 20.9 Å². The summed E-state index contributed by atoms with van der Waals surface area (Å²) in [7, 11) is 0. The Hall–Kier alpha value is -0.160. The Bertz CT molecular complexity index is 250. The first-order chi connectivity index (χ1) is 7.30. The molecular formula is C12H26N4. The van der Waals surface area contributed by atoms with E-state index in [1.165, 1.54) is 0 Å². The highest BCUT2D eigenvalue weighted by molar-refractivity contribution is 5.00. The predicted octanol–water partition coefficient (Wildman–Crippen LogP) is 1.37. The Kier molecular flexibility index (Phi) is 2.82. The van der Waals surface area contributed by atoms with Crippen molar-refractivity contribution in [2.45, 2.75) is 52.9 Å². The van der Waals surface area contributed by atoms with Crippen molar-refractivity contribution in [2.75, 3.05) is 13.1 Å². The van der Waals surface area contributed by atoms with E-state index in [4.69, 9.17) is 0 Å². The van der Waals surface area contributed by atoms with Crippen LogP contribution in [0.15, 0.2) is 0 Å².